The lowest BCUT2D eigenvalue weighted by atomic mass is 9.71. The number of rotatable bonds is 2. The van der Waals surface area contributed by atoms with Crippen molar-refractivity contribution in [2.45, 2.75) is 32.7 Å². The molecule has 4 heteroatoms. The number of ether oxygens (including phenoxy) is 1. The number of carbonyl (C=O) groups excluding carboxylic acids is 1. The van der Waals surface area contributed by atoms with Gasteiger partial charge in [-0.15, -0.1) is 6.58 Å². The van der Waals surface area contributed by atoms with Crippen molar-refractivity contribution in [1.29, 1.82) is 0 Å². The van der Waals surface area contributed by atoms with Crippen molar-refractivity contribution in [3.63, 3.8) is 0 Å². The Morgan fingerprint density at radius 2 is 2.19 bits per heavy atom. The lowest BCUT2D eigenvalue weighted by Gasteiger charge is -2.43. The predicted octanol–water partition coefficient (Wildman–Crippen LogP) is 4.25. The highest BCUT2D eigenvalue weighted by Gasteiger charge is 2.47. The van der Waals surface area contributed by atoms with Gasteiger partial charge >= 0.3 is 5.97 Å². The molecule has 27 heavy (non-hydrogen) atoms. The van der Waals surface area contributed by atoms with Gasteiger partial charge in [0.15, 0.2) is 0 Å². The molecule has 3 aliphatic heterocycles. The first kappa shape index (κ1) is 18.2. The van der Waals surface area contributed by atoms with Gasteiger partial charge in [0.1, 0.15) is 5.41 Å². The molecule has 1 aromatic carbocycles. The van der Waals surface area contributed by atoms with Crippen LogP contribution < -0.4 is 0 Å². The number of nitrogens with zero attached hydrogens (tertiary/aromatic N) is 2. The number of allylic oxidation sites excluding steroid dienone is 1. The highest BCUT2D eigenvalue weighted by atomic mass is 16.5. The lowest BCUT2D eigenvalue weighted by Crippen LogP contribution is -2.48. The second-order valence-electron chi connectivity index (χ2n) is 8.32. The second kappa shape index (κ2) is 6.75. The zero-order valence-corrected chi connectivity index (χ0v) is 16.4. The molecular formula is C23H28N2O2. The summed E-state index contributed by atoms with van der Waals surface area (Å²) in [6, 6.07) is 8.62. The van der Waals surface area contributed by atoms with Crippen molar-refractivity contribution >= 4 is 22.9 Å². The third-order valence-electron chi connectivity index (χ3n) is 6.66. The molecule has 4 rings (SSSR count). The largest absolute Gasteiger partial charge is 0.468 e. The summed E-state index contributed by atoms with van der Waals surface area (Å²) in [7, 11) is 1.48. The molecule has 5 atom stereocenters. The average Bonchev–Trinajstić information content (AvgIpc) is 3.07. The average molecular weight is 364 g/mol. The fourth-order valence-electron chi connectivity index (χ4n) is 5.13. The van der Waals surface area contributed by atoms with E-state index < -0.39 is 5.41 Å². The highest BCUT2D eigenvalue weighted by Crippen LogP contribution is 2.46. The number of esters is 1. The fraction of sp³-hybridized carbons (Fsp3) is 0.478. The van der Waals surface area contributed by atoms with E-state index >= 15 is 0 Å². The Balaban J connectivity index is 1.85. The predicted molar refractivity (Wildman–Crippen MR) is 109 cm³/mol. The van der Waals surface area contributed by atoms with Crippen LogP contribution in [0.5, 0.6) is 0 Å². The Hall–Kier alpha value is -2.20. The number of piperidine rings is 1. The number of hydrogen-bond donors (Lipinski definition) is 0. The van der Waals surface area contributed by atoms with E-state index in [4.69, 9.17) is 9.73 Å². The van der Waals surface area contributed by atoms with Crippen LogP contribution in [0.1, 0.15) is 32.3 Å². The maximum atomic E-state index is 13.0. The molecule has 0 aromatic heterocycles. The number of methoxy groups -OCH3 is 1. The number of fused-ring (bicyclic) bond motifs is 5. The summed E-state index contributed by atoms with van der Waals surface area (Å²) in [6.45, 7) is 10.2. The van der Waals surface area contributed by atoms with E-state index in [-0.39, 0.29) is 5.97 Å². The zero-order chi connectivity index (χ0) is 19.2. The van der Waals surface area contributed by atoms with Crippen LogP contribution in [-0.4, -0.2) is 42.8 Å². The van der Waals surface area contributed by atoms with E-state index in [1.165, 1.54) is 7.11 Å². The van der Waals surface area contributed by atoms with E-state index in [9.17, 15) is 4.79 Å². The summed E-state index contributed by atoms with van der Waals surface area (Å²) < 4.78 is 5.27. The third-order valence-corrected chi connectivity index (χ3v) is 6.66. The smallest absolute Gasteiger partial charge is 0.317 e. The summed E-state index contributed by atoms with van der Waals surface area (Å²) in [5.74, 6) is 0.658. The Bertz CT molecular complexity index is 841. The Morgan fingerprint density at radius 3 is 2.93 bits per heavy atom. The lowest BCUT2D eigenvalue weighted by molar-refractivity contribution is -0.148. The summed E-state index contributed by atoms with van der Waals surface area (Å²) in [6.07, 6.45) is 6.15. The number of carbonyl (C=O) groups is 1. The van der Waals surface area contributed by atoms with Crippen LogP contribution in [-0.2, 0) is 9.53 Å². The molecular weight excluding hydrogens is 336 g/mol. The van der Waals surface area contributed by atoms with Gasteiger partial charge in [-0.05, 0) is 44.6 Å². The number of para-hydroxylation sites is 1. The quantitative estimate of drug-likeness (QED) is 0.582. The summed E-state index contributed by atoms with van der Waals surface area (Å²) in [5, 5.41) is 0. The monoisotopic (exact) mass is 364 g/mol. The van der Waals surface area contributed by atoms with Crippen molar-refractivity contribution in [2.24, 2.45) is 22.2 Å². The van der Waals surface area contributed by atoms with Crippen LogP contribution in [0.15, 0.2) is 48.0 Å². The van der Waals surface area contributed by atoms with Gasteiger partial charge in [-0.2, -0.15) is 0 Å². The van der Waals surface area contributed by atoms with Crippen molar-refractivity contribution in [3.05, 3.63) is 48.6 Å². The first-order valence-electron chi connectivity index (χ1n) is 9.82. The summed E-state index contributed by atoms with van der Waals surface area (Å²) in [5.41, 5.74) is 3.28. The van der Waals surface area contributed by atoms with Crippen LogP contribution in [0.25, 0.3) is 5.57 Å². The molecule has 0 saturated carbocycles. The molecule has 1 saturated heterocycles. The minimum Gasteiger partial charge on any atom is -0.468 e. The minimum absolute atomic E-state index is 0.192. The van der Waals surface area contributed by atoms with Crippen LogP contribution in [0.2, 0.25) is 0 Å². The van der Waals surface area contributed by atoms with Crippen molar-refractivity contribution in [1.82, 2.24) is 4.90 Å². The van der Waals surface area contributed by atoms with Crippen LogP contribution in [0.4, 0.5) is 5.69 Å². The zero-order valence-electron chi connectivity index (χ0n) is 16.4. The summed E-state index contributed by atoms with van der Waals surface area (Å²) >= 11 is 0. The minimum atomic E-state index is -0.743. The van der Waals surface area contributed by atoms with E-state index in [0.717, 1.165) is 48.5 Å². The standard InChI is InChI=1S/C23H28N2O2/c1-5-17-12-16-13-23(3,22(26)27-4)21-19(10-11-25(14-16)15(17)2)18-8-6-7-9-20(18)24-21/h5-10,15-17H,1,11-14H2,2-4H3/b19-10-/t15?,16?,17?,23-/m0/s1. The molecule has 3 heterocycles. The highest BCUT2D eigenvalue weighted by molar-refractivity contribution is 6.35. The molecule has 0 radical (unpaired) electrons. The normalized spacial score (nSPS) is 36.7. The first-order valence-corrected chi connectivity index (χ1v) is 9.82. The number of hydrogen-bond acceptors (Lipinski definition) is 4. The van der Waals surface area contributed by atoms with Gasteiger partial charge in [-0.3, -0.25) is 14.7 Å². The van der Waals surface area contributed by atoms with Gasteiger partial charge < -0.3 is 4.74 Å². The second-order valence-corrected chi connectivity index (χ2v) is 8.32. The van der Waals surface area contributed by atoms with Gasteiger partial charge in [-0.1, -0.05) is 30.4 Å². The fourth-order valence-corrected chi connectivity index (χ4v) is 5.13. The Labute approximate surface area is 161 Å². The number of aliphatic imine (C=N–C) groups is 1. The maximum absolute atomic E-state index is 13.0. The van der Waals surface area contributed by atoms with Crippen LogP contribution in [0.3, 0.4) is 0 Å². The SMILES string of the molecule is C=CC1CC2CN(C/C=C3\C(=Nc4ccccc43)[C@@](C)(C(=O)OC)C2)C1C. The van der Waals surface area contributed by atoms with E-state index in [2.05, 4.69) is 36.6 Å². The van der Waals surface area contributed by atoms with E-state index in [1.54, 1.807) is 0 Å². The van der Waals surface area contributed by atoms with Gasteiger partial charge in [0.2, 0.25) is 0 Å². The third kappa shape index (κ3) is 2.87. The van der Waals surface area contributed by atoms with E-state index in [0.29, 0.717) is 17.9 Å². The molecule has 4 nitrogen and oxygen atoms in total. The first-order chi connectivity index (χ1) is 13.0. The molecule has 0 amide bonds. The molecule has 0 spiro atoms. The summed E-state index contributed by atoms with van der Waals surface area (Å²) in [4.78, 5) is 20.4. The van der Waals surface area contributed by atoms with E-state index in [1.807, 2.05) is 25.1 Å². The topological polar surface area (TPSA) is 41.9 Å². The van der Waals surface area contributed by atoms with Gasteiger partial charge in [0, 0.05) is 30.3 Å². The Kier molecular flexibility index (Phi) is 4.55. The van der Waals surface area contributed by atoms with Crippen molar-refractivity contribution in [3.8, 4) is 0 Å². The molecule has 2 bridgehead atoms. The molecule has 142 valence electrons. The van der Waals surface area contributed by atoms with Crippen LogP contribution >= 0.6 is 0 Å². The van der Waals surface area contributed by atoms with Crippen molar-refractivity contribution < 1.29 is 9.53 Å². The molecule has 3 aliphatic rings. The van der Waals surface area contributed by atoms with Gasteiger partial charge in [0.05, 0.1) is 18.5 Å². The molecule has 4 unspecified atom stereocenters. The maximum Gasteiger partial charge on any atom is 0.317 e. The number of benzene rings is 1. The van der Waals surface area contributed by atoms with Crippen molar-refractivity contribution in [2.75, 3.05) is 20.2 Å². The van der Waals surface area contributed by atoms with Gasteiger partial charge in [0.25, 0.3) is 0 Å². The molecule has 1 aromatic rings. The Morgan fingerprint density at radius 1 is 1.41 bits per heavy atom. The van der Waals surface area contributed by atoms with Crippen LogP contribution in [0, 0.1) is 17.3 Å². The van der Waals surface area contributed by atoms with Gasteiger partial charge in [-0.25, -0.2) is 0 Å². The molecule has 0 aliphatic carbocycles. The molecule has 0 N–H and O–H groups in total. The molecule has 1 fully saturated rings.